The van der Waals surface area contributed by atoms with Crippen molar-refractivity contribution in [2.75, 3.05) is 43.8 Å². The average molecular weight is 392 g/mol. The molecule has 0 radical (unpaired) electrons. The lowest BCUT2D eigenvalue weighted by Gasteiger charge is -2.37. The molecule has 0 aliphatic carbocycles. The van der Waals surface area contributed by atoms with Crippen LogP contribution < -0.4 is 4.31 Å². The molecule has 0 unspecified atom stereocenters. The molecule has 1 atom stereocenters. The number of benzene rings is 1. The highest BCUT2D eigenvalue weighted by Crippen LogP contribution is 2.28. The van der Waals surface area contributed by atoms with Gasteiger partial charge >= 0.3 is 0 Å². The Morgan fingerprint density at radius 2 is 1.92 bits per heavy atom. The number of likely N-dealkylation sites (N-methyl/N-ethyl adjacent to an activating group) is 1. The summed E-state index contributed by atoms with van der Waals surface area (Å²) in [5.41, 5.74) is 0.184. The molecule has 1 aromatic carbocycles. The van der Waals surface area contributed by atoms with Gasteiger partial charge in [-0.15, -0.1) is 0 Å². The largest absolute Gasteiger partial charge is 0.338 e. The molecule has 0 aromatic heterocycles. The Labute approximate surface area is 153 Å². The van der Waals surface area contributed by atoms with E-state index in [0.717, 1.165) is 29.7 Å². The van der Waals surface area contributed by atoms with E-state index in [9.17, 15) is 17.6 Å². The lowest BCUT2D eigenvalue weighted by molar-refractivity contribution is -0.134. The van der Waals surface area contributed by atoms with E-state index in [1.807, 2.05) is 7.05 Å². The summed E-state index contributed by atoms with van der Waals surface area (Å²) < 4.78 is 39.2. The summed E-state index contributed by atoms with van der Waals surface area (Å²) >= 11 is 5.80. The summed E-state index contributed by atoms with van der Waals surface area (Å²) in [5, 5.41) is -0.187. The van der Waals surface area contributed by atoms with Gasteiger partial charge < -0.3 is 9.80 Å². The number of hydrogen-bond donors (Lipinski definition) is 0. The van der Waals surface area contributed by atoms with Crippen molar-refractivity contribution in [1.82, 2.24) is 9.80 Å². The number of sulfonamides is 1. The Morgan fingerprint density at radius 1 is 1.32 bits per heavy atom. The summed E-state index contributed by atoms with van der Waals surface area (Å²) in [6.45, 7) is 4.33. The molecular weight excluding hydrogens is 369 g/mol. The van der Waals surface area contributed by atoms with Crippen LogP contribution in [0.1, 0.15) is 13.3 Å². The first-order valence-corrected chi connectivity index (χ1v) is 10.3. The zero-order valence-corrected chi connectivity index (χ0v) is 16.1. The second-order valence-corrected chi connectivity index (χ2v) is 8.48. The fraction of sp³-hybridized carbons (Fsp3) is 0.562. The Kier molecular flexibility index (Phi) is 6.29. The molecule has 1 heterocycles. The molecule has 1 amide bonds. The van der Waals surface area contributed by atoms with Crippen molar-refractivity contribution in [2.24, 2.45) is 0 Å². The van der Waals surface area contributed by atoms with Gasteiger partial charge in [0.15, 0.2) is 0 Å². The van der Waals surface area contributed by atoms with E-state index in [0.29, 0.717) is 19.5 Å². The Balaban J connectivity index is 2.37. The minimum atomic E-state index is -3.76. The molecule has 1 aliphatic heterocycles. The molecule has 2 rings (SSSR count). The van der Waals surface area contributed by atoms with Crippen LogP contribution in [0.15, 0.2) is 18.2 Å². The van der Waals surface area contributed by atoms with Crippen molar-refractivity contribution in [3.63, 3.8) is 0 Å². The predicted octanol–water partition coefficient (Wildman–Crippen LogP) is 1.80. The molecule has 1 saturated heterocycles. The molecule has 1 aliphatic rings. The van der Waals surface area contributed by atoms with E-state index in [-0.39, 0.29) is 16.6 Å². The predicted molar refractivity (Wildman–Crippen MR) is 96.9 cm³/mol. The summed E-state index contributed by atoms with van der Waals surface area (Å²) in [7, 11) is -1.78. The number of anilines is 1. The van der Waals surface area contributed by atoms with Crippen LogP contribution >= 0.6 is 11.6 Å². The average Bonchev–Trinajstić information content (AvgIpc) is 2.54. The van der Waals surface area contributed by atoms with Gasteiger partial charge in [0.2, 0.25) is 15.9 Å². The van der Waals surface area contributed by atoms with Crippen molar-refractivity contribution in [2.45, 2.75) is 19.4 Å². The third-order valence-electron chi connectivity index (χ3n) is 4.28. The second-order valence-electron chi connectivity index (χ2n) is 6.21. The van der Waals surface area contributed by atoms with Gasteiger partial charge in [-0.2, -0.15) is 0 Å². The highest BCUT2D eigenvalue weighted by atomic mass is 35.5. The van der Waals surface area contributed by atoms with E-state index in [1.165, 1.54) is 12.1 Å². The lowest BCUT2D eigenvalue weighted by Crippen LogP contribution is -2.55. The number of amides is 1. The van der Waals surface area contributed by atoms with Crippen molar-refractivity contribution in [1.29, 1.82) is 0 Å². The van der Waals surface area contributed by atoms with Crippen LogP contribution in [-0.2, 0) is 14.8 Å². The molecule has 25 heavy (non-hydrogen) atoms. The van der Waals surface area contributed by atoms with Gasteiger partial charge in [-0.1, -0.05) is 18.5 Å². The topological polar surface area (TPSA) is 60.9 Å². The van der Waals surface area contributed by atoms with E-state index in [1.54, 1.807) is 11.8 Å². The van der Waals surface area contributed by atoms with Gasteiger partial charge in [0.25, 0.3) is 0 Å². The number of rotatable bonds is 5. The fourth-order valence-electron chi connectivity index (χ4n) is 2.90. The minimum absolute atomic E-state index is 0.184. The molecule has 1 fully saturated rings. The first-order chi connectivity index (χ1) is 11.6. The number of piperazine rings is 1. The first kappa shape index (κ1) is 19.9. The molecule has 0 bridgehead atoms. The van der Waals surface area contributed by atoms with E-state index < -0.39 is 21.9 Å². The standard InChI is InChI=1S/C16H23ClFN3O3S/c1-4-15(16(22)20-9-7-19(2)8-10-20)21(25(3,23)24)12-5-6-14(18)13(17)11-12/h5-6,11,15H,4,7-10H2,1-3H3/t15-/m1/s1. The number of carbonyl (C=O) groups excluding carboxylic acids is 1. The molecular formula is C16H23ClFN3O3S. The maximum atomic E-state index is 13.4. The molecule has 0 spiro atoms. The zero-order valence-electron chi connectivity index (χ0n) is 14.6. The Hall–Kier alpha value is -1.38. The minimum Gasteiger partial charge on any atom is -0.338 e. The Morgan fingerprint density at radius 3 is 2.40 bits per heavy atom. The highest BCUT2D eigenvalue weighted by molar-refractivity contribution is 7.92. The molecule has 6 nitrogen and oxygen atoms in total. The third-order valence-corrected chi connectivity index (χ3v) is 5.75. The van der Waals surface area contributed by atoms with Crippen LogP contribution in [0, 0.1) is 5.82 Å². The van der Waals surface area contributed by atoms with Crippen LogP contribution in [0.4, 0.5) is 10.1 Å². The summed E-state index contributed by atoms with van der Waals surface area (Å²) in [5.74, 6) is -0.890. The highest BCUT2D eigenvalue weighted by Gasteiger charge is 2.35. The maximum absolute atomic E-state index is 13.4. The first-order valence-electron chi connectivity index (χ1n) is 8.07. The smallest absolute Gasteiger partial charge is 0.246 e. The third kappa shape index (κ3) is 4.62. The lowest BCUT2D eigenvalue weighted by atomic mass is 10.1. The maximum Gasteiger partial charge on any atom is 0.246 e. The summed E-state index contributed by atoms with van der Waals surface area (Å²) in [6.07, 6.45) is 1.33. The summed E-state index contributed by atoms with van der Waals surface area (Å²) in [6, 6.07) is 2.77. The number of nitrogens with zero attached hydrogens (tertiary/aromatic N) is 3. The van der Waals surface area contributed by atoms with Crippen molar-refractivity contribution >= 4 is 33.2 Å². The van der Waals surface area contributed by atoms with Crippen molar-refractivity contribution in [3.8, 4) is 0 Å². The van der Waals surface area contributed by atoms with Crippen LogP contribution in [0.3, 0.4) is 0 Å². The van der Waals surface area contributed by atoms with Gasteiger partial charge in [-0.25, -0.2) is 12.8 Å². The van der Waals surface area contributed by atoms with Gasteiger partial charge in [0, 0.05) is 26.2 Å². The van der Waals surface area contributed by atoms with Crippen LogP contribution in [0.5, 0.6) is 0 Å². The van der Waals surface area contributed by atoms with E-state index in [4.69, 9.17) is 11.6 Å². The van der Waals surface area contributed by atoms with Crippen LogP contribution in [0.25, 0.3) is 0 Å². The van der Waals surface area contributed by atoms with E-state index in [2.05, 4.69) is 4.90 Å². The Bertz CT molecular complexity index is 736. The van der Waals surface area contributed by atoms with Crippen LogP contribution in [-0.4, -0.2) is 69.6 Å². The molecule has 0 N–H and O–H groups in total. The normalized spacial score (nSPS) is 17.4. The molecule has 140 valence electrons. The number of hydrogen-bond acceptors (Lipinski definition) is 4. The van der Waals surface area contributed by atoms with Gasteiger partial charge in [-0.3, -0.25) is 9.10 Å². The van der Waals surface area contributed by atoms with E-state index >= 15 is 0 Å². The molecule has 1 aromatic rings. The molecule has 9 heteroatoms. The SMILES string of the molecule is CC[C@H](C(=O)N1CCN(C)CC1)N(c1ccc(F)c(Cl)c1)S(C)(=O)=O. The number of carbonyl (C=O) groups is 1. The van der Waals surface area contributed by atoms with Gasteiger partial charge in [0.05, 0.1) is 17.0 Å². The summed E-state index contributed by atoms with van der Waals surface area (Å²) in [4.78, 5) is 16.7. The zero-order chi connectivity index (χ0) is 18.8. The monoisotopic (exact) mass is 391 g/mol. The van der Waals surface area contributed by atoms with Gasteiger partial charge in [-0.05, 0) is 31.7 Å². The number of halogens is 2. The molecule has 0 saturated carbocycles. The quantitative estimate of drug-likeness (QED) is 0.767. The van der Waals surface area contributed by atoms with Crippen molar-refractivity contribution in [3.05, 3.63) is 29.0 Å². The van der Waals surface area contributed by atoms with Gasteiger partial charge in [0.1, 0.15) is 11.9 Å². The fourth-order valence-corrected chi connectivity index (χ4v) is 4.28. The van der Waals surface area contributed by atoms with Crippen LogP contribution in [0.2, 0.25) is 5.02 Å². The second kappa shape index (κ2) is 7.88. The van der Waals surface area contributed by atoms with Crippen molar-refractivity contribution < 1.29 is 17.6 Å².